The molecule has 1 aromatic rings. The number of carboxylic acid groups (broad SMARTS) is 1. The number of aliphatic carboxylic acids is 1. The van der Waals surface area contributed by atoms with Crippen molar-refractivity contribution in [3.05, 3.63) is 34.9 Å². The van der Waals surface area contributed by atoms with Gasteiger partial charge in [-0.25, -0.2) is 0 Å². The first kappa shape index (κ1) is 18.7. The predicted octanol–water partition coefficient (Wildman–Crippen LogP) is 2.32. The van der Waals surface area contributed by atoms with Gasteiger partial charge in [-0.15, -0.1) is 12.4 Å². The van der Waals surface area contributed by atoms with E-state index in [9.17, 15) is 9.59 Å². The molecule has 0 radical (unpaired) electrons. The van der Waals surface area contributed by atoms with Gasteiger partial charge in [-0.2, -0.15) is 0 Å². The summed E-state index contributed by atoms with van der Waals surface area (Å²) in [5.41, 5.74) is 0.959. The van der Waals surface area contributed by atoms with E-state index >= 15 is 0 Å². The first-order valence-electron chi connectivity index (χ1n) is 7.04. The molecule has 1 amide bonds. The number of hydrogen-bond acceptors (Lipinski definition) is 3. The maximum Gasteiger partial charge on any atom is 0.320 e. The molecule has 0 bridgehead atoms. The Morgan fingerprint density at radius 3 is 2.59 bits per heavy atom. The molecule has 1 atom stereocenters. The molecular weight excluding hydrogens is 327 g/mol. The molecular formula is C15H20Cl2N2O3. The van der Waals surface area contributed by atoms with Crippen LogP contribution in [-0.4, -0.2) is 41.0 Å². The fourth-order valence-corrected chi connectivity index (χ4v) is 2.63. The quantitative estimate of drug-likeness (QED) is 0.858. The Kier molecular flexibility index (Phi) is 7.65. The predicted molar refractivity (Wildman–Crippen MR) is 87.4 cm³/mol. The molecule has 0 spiro atoms. The second-order valence-electron chi connectivity index (χ2n) is 5.22. The Morgan fingerprint density at radius 1 is 1.27 bits per heavy atom. The van der Waals surface area contributed by atoms with Crippen LogP contribution in [0.2, 0.25) is 5.02 Å². The van der Waals surface area contributed by atoms with Crippen LogP contribution < -0.4 is 5.32 Å². The molecule has 2 N–H and O–H groups in total. The molecule has 0 aliphatic carbocycles. The van der Waals surface area contributed by atoms with Crippen LogP contribution >= 0.6 is 24.0 Å². The first-order chi connectivity index (χ1) is 10.1. The number of carbonyl (C=O) groups excluding carboxylic acids is 1. The monoisotopic (exact) mass is 346 g/mol. The van der Waals surface area contributed by atoms with Crippen LogP contribution in [0, 0.1) is 0 Å². The highest BCUT2D eigenvalue weighted by molar-refractivity contribution is 6.30. The van der Waals surface area contributed by atoms with Crippen molar-refractivity contribution in [3.63, 3.8) is 0 Å². The van der Waals surface area contributed by atoms with Crippen LogP contribution in [0.1, 0.15) is 24.8 Å². The van der Waals surface area contributed by atoms with Gasteiger partial charge in [-0.3, -0.25) is 14.5 Å². The number of carbonyl (C=O) groups is 2. The molecule has 1 fully saturated rings. The highest BCUT2D eigenvalue weighted by Crippen LogP contribution is 2.16. The molecule has 0 aromatic heterocycles. The van der Waals surface area contributed by atoms with Crippen molar-refractivity contribution in [1.82, 2.24) is 10.2 Å². The van der Waals surface area contributed by atoms with Gasteiger partial charge in [0, 0.05) is 11.6 Å². The lowest BCUT2D eigenvalue weighted by Gasteiger charge is -2.32. The number of likely N-dealkylation sites (tertiary alicyclic amines) is 1. The zero-order valence-corrected chi connectivity index (χ0v) is 13.7. The standard InChI is InChI=1S/C15H19ClN2O3.ClH/c16-12-6-4-11(5-7-12)9-17-14(19)10-18-8-2-1-3-13(18)15(20)21;/h4-7,13H,1-3,8-10H2,(H,17,19)(H,20,21);1H. The Balaban J connectivity index is 0.00000242. The van der Waals surface area contributed by atoms with Crippen molar-refractivity contribution < 1.29 is 14.7 Å². The minimum Gasteiger partial charge on any atom is -0.480 e. The van der Waals surface area contributed by atoms with Gasteiger partial charge >= 0.3 is 5.97 Å². The van der Waals surface area contributed by atoms with E-state index in [-0.39, 0.29) is 24.9 Å². The molecule has 2 rings (SSSR count). The molecule has 22 heavy (non-hydrogen) atoms. The maximum atomic E-state index is 11.9. The average molecular weight is 347 g/mol. The lowest BCUT2D eigenvalue weighted by Crippen LogP contribution is -2.48. The third kappa shape index (κ3) is 5.48. The number of benzene rings is 1. The third-order valence-electron chi connectivity index (χ3n) is 3.65. The van der Waals surface area contributed by atoms with Crippen molar-refractivity contribution in [3.8, 4) is 0 Å². The SMILES string of the molecule is Cl.O=C(CN1CCCCC1C(=O)O)NCc1ccc(Cl)cc1. The van der Waals surface area contributed by atoms with Gasteiger partial charge in [0.15, 0.2) is 0 Å². The highest BCUT2D eigenvalue weighted by Gasteiger charge is 2.29. The smallest absolute Gasteiger partial charge is 0.320 e. The summed E-state index contributed by atoms with van der Waals surface area (Å²) in [5, 5.41) is 12.6. The number of nitrogens with zero attached hydrogens (tertiary/aromatic N) is 1. The van der Waals surface area contributed by atoms with Gasteiger partial charge in [-0.1, -0.05) is 30.2 Å². The lowest BCUT2D eigenvalue weighted by atomic mass is 10.0. The molecule has 5 nitrogen and oxygen atoms in total. The summed E-state index contributed by atoms with van der Waals surface area (Å²) in [7, 11) is 0. The Hall–Kier alpha value is -1.30. The Labute approximate surface area is 141 Å². The van der Waals surface area contributed by atoms with E-state index in [0.29, 0.717) is 24.5 Å². The number of rotatable bonds is 5. The summed E-state index contributed by atoms with van der Waals surface area (Å²) >= 11 is 5.80. The van der Waals surface area contributed by atoms with E-state index in [0.717, 1.165) is 18.4 Å². The lowest BCUT2D eigenvalue weighted by molar-refractivity contribution is -0.145. The van der Waals surface area contributed by atoms with E-state index in [2.05, 4.69) is 5.32 Å². The van der Waals surface area contributed by atoms with E-state index < -0.39 is 12.0 Å². The fourth-order valence-electron chi connectivity index (χ4n) is 2.50. The van der Waals surface area contributed by atoms with Crippen LogP contribution in [0.15, 0.2) is 24.3 Å². The van der Waals surface area contributed by atoms with Crippen molar-refractivity contribution in [2.45, 2.75) is 31.8 Å². The molecule has 1 aliphatic heterocycles. The van der Waals surface area contributed by atoms with Gasteiger partial charge in [0.25, 0.3) is 0 Å². The number of carboxylic acids is 1. The molecule has 1 unspecified atom stereocenters. The number of halogens is 2. The Bertz CT molecular complexity index is 508. The molecule has 1 heterocycles. The van der Waals surface area contributed by atoms with Crippen molar-refractivity contribution in [2.75, 3.05) is 13.1 Å². The molecule has 1 aromatic carbocycles. The van der Waals surface area contributed by atoms with Crippen molar-refractivity contribution in [2.24, 2.45) is 0 Å². The van der Waals surface area contributed by atoms with E-state index in [1.165, 1.54) is 0 Å². The number of piperidine rings is 1. The number of hydrogen-bond donors (Lipinski definition) is 2. The van der Waals surface area contributed by atoms with Gasteiger partial charge in [0.2, 0.25) is 5.91 Å². The van der Waals surface area contributed by atoms with Crippen LogP contribution in [0.25, 0.3) is 0 Å². The van der Waals surface area contributed by atoms with Crippen LogP contribution in [0.5, 0.6) is 0 Å². The molecule has 0 saturated carbocycles. The summed E-state index contributed by atoms with van der Waals surface area (Å²) in [5.74, 6) is -1.00. The van der Waals surface area contributed by atoms with Crippen LogP contribution in [0.3, 0.4) is 0 Å². The van der Waals surface area contributed by atoms with Crippen LogP contribution in [0.4, 0.5) is 0 Å². The van der Waals surface area contributed by atoms with Gasteiger partial charge in [0.05, 0.1) is 6.54 Å². The third-order valence-corrected chi connectivity index (χ3v) is 3.90. The number of nitrogens with one attached hydrogen (secondary N) is 1. The van der Waals surface area contributed by atoms with E-state index in [4.69, 9.17) is 16.7 Å². The van der Waals surface area contributed by atoms with Crippen molar-refractivity contribution in [1.29, 1.82) is 0 Å². The summed E-state index contributed by atoms with van der Waals surface area (Å²) in [6.07, 6.45) is 2.45. The summed E-state index contributed by atoms with van der Waals surface area (Å²) in [4.78, 5) is 24.9. The van der Waals surface area contributed by atoms with Gasteiger partial charge in [-0.05, 0) is 37.1 Å². The normalized spacial score (nSPS) is 18.3. The topological polar surface area (TPSA) is 69.6 Å². The highest BCUT2D eigenvalue weighted by atomic mass is 35.5. The van der Waals surface area contributed by atoms with Crippen LogP contribution in [-0.2, 0) is 16.1 Å². The Morgan fingerprint density at radius 2 is 1.95 bits per heavy atom. The second kappa shape index (κ2) is 8.98. The first-order valence-corrected chi connectivity index (χ1v) is 7.42. The minimum absolute atomic E-state index is 0. The molecule has 1 saturated heterocycles. The van der Waals surface area contributed by atoms with E-state index in [1.807, 2.05) is 12.1 Å². The maximum absolute atomic E-state index is 11.9. The number of amides is 1. The van der Waals surface area contributed by atoms with E-state index in [1.54, 1.807) is 17.0 Å². The van der Waals surface area contributed by atoms with Crippen molar-refractivity contribution >= 4 is 35.9 Å². The summed E-state index contributed by atoms with van der Waals surface area (Å²) in [6, 6.07) is 6.70. The molecule has 7 heteroatoms. The van der Waals surface area contributed by atoms with Gasteiger partial charge < -0.3 is 10.4 Å². The minimum atomic E-state index is -0.847. The molecule has 1 aliphatic rings. The largest absolute Gasteiger partial charge is 0.480 e. The summed E-state index contributed by atoms with van der Waals surface area (Å²) in [6.45, 7) is 1.21. The average Bonchev–Trinajstić information content (AvgIpc) is 2.47. The summed E-state index contributed by atoms with van der Waals surface area (Å²) < 4.78 is 0. The fraction of sp³-hybridized carbons (Fsp3) is 0.467. The second-order valence-corrected chi connectivity index (χ2v) is 5.66. The molecule has 122 valence electrons. The zero-order valence-electron chi connectivity index (χ0n) is 12.1. The van der Waals surface area contributed by atoms with Gasteiger partial charge in [0.1, 0.15) is 6.04 Å². The zero-order chi connectivity index (χ0) is 15.2.